The maximum absolute atomic E-state index is 11.3. The lowest BCUT2D eigenvalue weighted by Crippen LogP contribution is -2.15. The summed E-state index contributed by atoms with van der Waals surface area (Å²) in [7, 11) is 1.36. The summed E-state index contributed by atoms with van der Waals surface area (Å²) >= 11 is 0. The molecule has 1 N–H and O–H groups in total. The largest absolute Gasteiger partial charge is 0.508 e. The summed E-state index contributed by atoms with van der Waals surface area (Å²) in [4.78, 5) is 11.3. The number of phenolic OH excluding ortho intramolecular Hbond substituents is 1. The van der Waals surface area contributed by atoms with Gasteiger partial charge in [0.15, 0.2) is 0 Å². The number of hydrogen-bond acceptors (Lipinski definition) is 4. The number of rotatable bonds is 4. The van der Waals surface area contributed by atoms with Crippen LogP contribution in [0.1, 0.15) is 43.8 Å². The van der Waals surface area contributed by atoms with Crippen LogP contribution in [0.5, 0.6) is 5.75 Å². The van der Waals surface area contributed by atoms with Gasteiger partial charge in [-0.3, -0.25) is 4.68 Å². The fourth-order valence-electron chi connectivity index (χ4n) is 3.17. The highest BCUT2D eigenvalue weighted by Gasteiger charge is 2.20. The molecule has 5 nitrogen and oxygen atoms in total. The van der Waals surface area contributed by atoms with Crippen LogP contribution in [0.15, 0.2) is 36.4 Å². The van der Waals surface area contributed by atoms with Gasteiger partial charge in [0.2, 0.25) is 0 Å². The van der Waals surface area contributed by atoms with Gasteiger partial charge in [0.05, 0.1) is 24.5 Å². The van der Waals surface area contributed by atoms with E-state index in [2.05, 4.69) is 9.42 Å². The van der Waals surface area contributed by atoms with Crippen LogP contribution in [-0.4, -0.2) is 28.0 Å². The molecule has 1 heterocycles. The van der Waals surface area contributed by atoms with E-state index in [0.717, 1.165) is 29.8 Å². The van der Waals surface area contributed by atoms with E-state index in [1.54, 1.807) is 18.2 Å². The molecule has 0 amide bonds. The summed E-state index contributed by atoms with van der Waals surface area (Å²) in [5.41, 5.74) is 2.74. The van der Waals surface area contributed by atoms with Crippen molar-refractivity contribution in [1.29, 1.82) is 0 Å². The van der Waals surface area contributed by atoms with Crippen molar-refractivity contribution >= 4 is 12.0 Å². The molecule has 0 saturated heterocycles. The van der Waals surface area contributed by atoms with Crippen molar-refractivity contribution in [1.82, 2.24) is 9.78 Å². The molecule has 2 aromatic rings. The highest BCUT2D eigenvalue weighted by Crippen LogP contribution is 2.33. The standard InChI is InChI=1S/C19H22N2O3/c1-24-19(23)12-9-15-13-18(14-7-10-17(22)11-8-14)21(20-15)16-5-3-2-4-6-16/h7-13,16,22H,2-6H2,1H3. The van der Waals surface area contributed by atoms with E-state index in [0.29, 0.717) is 6.04 Å². The number of nitrogens with zero attached hydrogens (tertiary/aromatic N) is 2. The second kappa shape index (κ2) is 7.34. The van der Waals surface area contributed by atoms with Crippen LogP contribution in [0.2, 0.25) is 0 Å². The Morgan fingerprint density at radius 1 is 1.25 bits per heavy atom. The maximum atomic E-state index is 11.3. The van der Waals surface area contributed by atoms with Crippen molar-refractivity contribution in [2.75, 3.05) is 7.11 Å². The second-order valence-electron chi connectivity index (χ2n) is 6.09. The Morgan fingerprint density at radius 2 is 1.96 bits per heavy atom. The van der Waals surface area contributed by atoms with Gasteiger partial charge in [-0.05, 0) is 49.2 Å². The van der Waals surface area contributed by atoms with E-state index in [1.807, 2.05) is 18.2 Å². The molecule has 1 aliphatic carbocycles. The van der Waals surface area contributed by atoms with Gasteiger partial charge >= 0.3 is 5.97 Å². The van der Waals surface area contributed by atoms with Gasteiger partial charge < -0.3 is 9.84 Å². The first-order chi connectivity index (χ1) is 11.7. The minimum atomic E-state index is -0.395. The number of carbonyl (C=O) groups is 1. The Kier molecular flexibility index (Phi) is 4.99. The Hall–Kier alpha value is -2.56. The van der Waals surface area contributed by atoms with Gasteiger partial charge in [0.25, 0.3) is 0 Å². The van der Waals surface area contributed by atoms with E-state index in [4.69, 9.17) is 5.10 Å². The number of aromatic nitrogens is 2. The quantitative estimate of drug-likeness (QED) is 0.682. The normalized spacial score (nSPS) is 15.7. The zero-order chi connectivity index (χ0) is 16.9. The monoisotopic (exact) mass is 326 g/mol. The first kappa shape index (κ1) is 16.3. The van der Waals surface area contributed by atoms with Gasteiger partial charge in [-0.15, -0.1) is 0 Å². The molecule has 0 aliphatic heterocycles. The lowest BCUT2D eigenvalue weighted by atomic mass is 9.95. The molecule has 0 unspecified atom stereocenters. The molecule has 5 heteroatoms. The van der Waals surface area contributed by atoms with Crippen LogP contribution in [0.25, 0.3) is 17.3 Å². The van der Waals surface area contributed by atoms with E-state index < -0.39 is 5.97 Å². The van der Waals surface area contributed by atoms with E-state index in [1.165, 1.54) is 32.4 Å². The third-order valence-corrected chi connectivity index (χ3v) is 4.43. The highest BCUT2D eigenvalue weighted by molar-refractivity contribution is 5.86. The molecule has 3 rings (SSSR count). The maximum Gasteiger partial charge on any atom is 0.330 e. The summed E-state index contributed by atoms with van der Waals surface area (Å²) in [6.45, 7) is 0. The lowest BCUT2D eigenvalue weighted by molar-refractivity contribution is -0.134. The van der Waals surface area contributed by atoms with Gasteiger partial charge in [-0.1, -0.05) is 19.3 Å². The molecule has 24 heavy (non-hydrogen) atoms. The SMILES string of the molecule is COC(=O)C=Cc1cc(-c2ccc(O)cc2)n(C2CCCCC2)n1. The number of esters is 1. The fourth-order valence-corrected chi connectivity index (χ4v) is 3.17. The minimum Gasteiger partial charge on any atom is -0.508 e. The van der Waals surface area contributed by atoms with E-state index >= 15 is 0 Å². The number of aromatic hydroxyl groups is 1. The predicted octanol–water partition coefficient (Wildman–Crippen LogP) is 3.95. The van der Waals surface area contributed by atoms with Crippen molar-refractivity contribution < 1.29 is 14.6 Å². The number of hydrogen-bond donors (Lipinski definition) is 1. The molecule has 1 fully saturated rings. The Balaban J connectivity index is 1.97. The van der Waals surface area contributed by atoms with Crippen LogP contribution in [0.3, 0.4) is 0 Å². The van der Waals surface area contributed by atoms with Crippen LogP contribution >= 0.6 is 0 Å². The van der Waals surface area contributed by atoms with Crippen LogP contribution in [0.4, 0.5) is 0 Å². The molecule has 1 saturated carbocycles. The topological polar surface area (TPSA) is 64.3 Å². The van der Waals surface area contributed by atoms with Gasteiger partial charge in [-0.2, -0.15) is 5.10 Å². The zero-order valence-corrected chi connectivity index (χ0v) is 13.8. The molecule has 1 aliphatic rings. The first-order valence-electron chi connectivity index (χ1n) is 8.32. The third-order valence-electron chi connectivity index (χ3n) is 4.43. The minimum absolute atomic E-state index is 0.244. The zero-order valence-electron chi connectivity index (χ0n) is 13.8. The highest BCUT2D eigenvalue weighted by atomic mass is 16.5. The summed E-state index contributed by atoms with van der Waals surface area (Å²) in [6, 6.07) is 9.48. The number of benzene rings is 1. The number of methoxy groups -OCH3 is 1. The van der Waals surface area contributed by atoms with E-state index in [9.17, 15) is 9.90 Å². The predicted molar refractivity (Wildman–Crippen MR) is 92.5 cm³/mol. The second-order valence-corrected chi connectivity index (χ2v) is 6.09. The molecule has 1 aromatic heterocycles. The summed E-state index contributed by atoms with van der Waals surface area (Å²) in [5, 5.41) is 14.2. The fraction of sp³-hybridized carbons (Fsp3) is 0.368. The third kappa shape index (κ3) is 3.67. The summed E-state index contributed by atoms with van der Waals surface area (Å²) in [5.74, 6) is -0.151. The van der Waals surface area contributed by atoms with Crippen LogP contribution < -0.4 is 0 Å². The molecular weight excluding hydrogens is 304 g/mol. The Bertz CT molecular complexity index is 726. The van der Waals surface area contributed by atoms with E-state index in [-0.39, 0.29) is 5.75 Å². The Morgan fingerprint density at radius 3 is 2.62 bits per heavy atom. The molecule has 1 aromatic carbocycles. The van der Waals surface area contributed by atoms with Gasteiger partial charge in [0.1, 0.15) is 5.75 Å². The van der Waals surface area contributed by atoms with Crippen LogP contribution in [0, 0.1) is 0 Å². The molecular formula is C19H22N2O3. The lowest BCUT2D eigenvalue weighted by Gasteiger charge is -2.24. The van der Waals surface area contributed by atoms with Crippen LogP contribution in [-0.2, 0) is 9.53 Å². The van der Waals surface area contributed by atoms with Gasteiger partial charge in [-0.25, -0.2) is 4.79 Å². The number of phenols is 1. The number of ether oxygens (including phenoxy) is 1. The molecule has 0 radical (unpaired) electrons. The molecule has 126 valence electrons. The van der Waals surface area contributed by atoms with Crippen molar-refractivity contribution in [2.45, 2.75) is 38.1 Å². The number of carbonyl (C=O) groups excluding carboxylic acids is 1. The van der Waals surface area contributed by atoms with Crippen molar-refractivity contribution in [2.24, 2.45) is 0 Å². The molecule has 0 bridgehead atoms. The summed E-state index contributed by atoms with van der Waals surface area (Å²) < 4.78 is 6.71. The smallest absolute Gasteiger partial charge is 0.330 e. The molecule has 0 atom stereocenters. The summed E-state index contributed by atoms with van der Waals surface area (Å²) in [6.07, 6.45) is 9.00. The van der Waals surface area contributed by atoms with Crippen molar-refractivity contribution in [3.8, 4) is 17.0 Å². The molecule has 0 spiro atoms. The average Bonchev–Trinajstić information content (AvgIpc) is 3.05. The van der Waals surface area contributed by atoms with Crippen molar-refractivity contribution in [3.63, 3.8) is 0 Å². The first-order valence-corrected chi connectivity index (χ1v) is 8.32. The Labute approximate surface area is 141 Å². The van der Waals surface area contributed by atoms with Gasteiger partial charge in [0, 0.05) is 11.6 Å². The van der Waals surface area contributed by atoms with Crippen molar-refractivity contribution in [3.05, 3.63) is 42.1 Å². The average molecular weight is 326 g/mol.